The summed E-state index contributed by atoms with van der Waals surface area (Å²) in [4.78, 5) is 4.38. The standard InChI is InChI=1S/C2H5ClN2O2/c1-5(6)4-7-2-3/h2H2,1H3. The van der Waals surface area contributed by atoms with Gasteiger partial charge in [0.1, 0.15) is 0 Å². The highest BCUT2D eigenvalue weighted by molar-refractivity contribution is 6.17. The van der Waals surface area contributed by atoms with Crippen LogP contribution < -0.4 is 0 Å². The molecule has 42 valence electrons. The molecule has 0 saturated carbocycles. The summed E-state index contributed by atoms with van der Waals surface area (Å²) in [7, 11) is 1.20. The highest BCUT2D eigenvalue weighted by atomic mass is 35.5. The highest BCUT2D eigenvalue weighted by Crippen LogP contribution is 1.78. The first-order valence-corrected chi connectivity index (χ1v) is 2.10. The smallest absolute Gasteiger partial charge is 0.200 e. The number of rotatable bonds is 2. The lowest BCUT2D eigenvalue weighted by atomic mass is 11.5. The molecular weight excluding hydrogens is 119 g/mol. The van der Waals surface area contributed by atoms with Crippen molar-refractivity contribution in [3.05, 3.63) is 5.21 Å². The Bertz CT molecular complexity index is 70.1. The molecule has 0 rings (SSSR count). The maximum atomic E-state index is 9.77. The highest BCUT2D eigenvalue weighted by Gasteiger charge is 1.76. The van der Waals surface area contributed by atoms with Gasteiger partial charge in [-0.25, -0.2) is 0 Å². The minimum atomic E-state index is -0.0907. The van der Waals surface area contributed by atoms with Crippen molar-refractivity contribution >= 4 is 11.6 Å². The topological polar surface area (TPSA) is 47.7 Å². The molecule has 7 heavy (non-hydrogen) atoms. The molecule has 0 fully saturated rings. The molecule has 0 unspecified atom stereocenters. The van der Waals surface area contributed by atoms with Crippen molar-refractivity contribution in [3.8, 4) is 0 Å². The fraction of sp³-hybridized carbons (Fsp3) is 1.00. The lowest BCUT2D eigenvalue weighted by Gasteiger charge is -1.87. The third-order valence-electron chi connectivity index (χ3n) is 0.222. The number of alkyl halides is 1. The first-order chi connectivity index (χ1) is 3.27. The summed E-state index contributed by atoms with van der Waals surface area (Å²) in [6.45, 7) is 0. The maximum Gasteiger partial charge on any atom is 0.200 e. The lowest BCUT2D eigenvalue weighted by molar-refractivity contribution is -0.529. The molecule has 0 spiro atoms. The van der Waals surface area contributed by atoms with Crippen LogP contribution in [-0.2, 0) is 4.84 Å². The van der Waals surface area contributed by atoms with Crippen molar-refractivity contribution in [1.82, 2.24) is 0 Å². The van der Waals surface area contributed by atoms with Gasteiger partial charge in [0.05, 0.1) is 0 Å². The van der Waals surface area contributed by atoms with E-state index in [1.807, 2.05) is 0 Å². The molecule has 0 radical (unpaired) electrons. The molecule has 5 heteroatoms. The van der Waals surface area contributed by atoms with Crippen LogP contribution in [0, 0.1) is 5.21 Å². The van der Waals surface area contributed by atoms with Crippen molar-refractivity contribution < 1.29 is 9.70 Å². The predicted molar refractivity (Wildman–Crippen MR) is 23.8 cm³/mol. The molecule has 4 nitrogen and oxygen atoms in total. The molecular formula is C2H5ClN2O2. The van der Waals surface area contributed by atoms with Gasteiger partial charge in [0.25, 0.3) is 0 Å². The summed E-state index contributed by atoms with van der Waals surface area (Å²) >= 11 is 4.96. The zero-order chi connectivity index (χ0) is 5.70. The molecule has 0 aromatic rings. The zero-order valence-corrected chi connectivity index (χ0v) is 4.55. The molecule has 0 aromatic carbocycles. The third-order valence-corrected chi connectivity index (χ3v) is 0.319. The summed E-state index contributed by atoms with van der Waals surface area (Å²) in [5.41, 5.74) is 0. The van der Waals surface area contributed by atoms with E-state index in [0.717, 1.165) is 0 Å². The fourth-order valence-corrected chi connectivity index (χ4v) is 0.147. The summed E-state index contributed by atoms with van der Waals surface area (Å²) < 4.78 is 0. The van der Waals surface area contributed by atoms with E-state index in [0.29, 0.717) is 0 Å². The third kappa shape index (κ3) is 5.49. The summed E-state index contributed by atoms with van der Waals surface area (Å²) in [5, 5.41) is 12.7. The normalized spacial score (nSPS) is 11.4. The van der Waals surface area contributed by atoms with Crippen LogP contribution >= 0.6 is 11.6 Å². The van der Waals surface area contributed by atoms with Gasteiger partial charge in [0, 0.05) is 0 Å². The molecule has 0 N–H and O–H groups in total. The van der Waals surface area contributed by atoms with E-state index in [9.17, 15) is 5.21 Å². The Balaban J connectivity index is 3.08. The lowest BCUT2D eigenvalue weighted by Crippen LogP contribution is -1.89. The van der Waals surface area contributed by atoms with E-state index in [4.69, 9.17) is 11.6 Å². The molecule has 0 saturated heterocycles. The molecule has 0 aliphatic heterocycles. The first kappa shape index (κ1) is 6.49. The van der Waals surface area contributed by atoms with Crippen molar-refractivity contribution in [2.75, 3.05) is 13.1 Å². The van der Waals surface area contributed by atoms with E-state index >= 15 is 0 Å². The van der Waals surface area contributed by atoms with Crippen molar-refractivity contribution in [2.24, 2.45) is 5.28 Å². The van der Waals surface area contributed by atoms with Crippen LogP contribution in [0.4, 0.5) is 0 Å². The Hall–Kier alpha value is -0.510. The van der Waals surface area contributed by atoms with Crippen LogP contribution in [0.1, 0.15) is 0 Å². The number of hydrogen-bond donors (Lipinski definition) is 0. The van der Waals surface area contributed by atoms with Gasteiger partial charge in [-0.05, 0) is 0 Å². The largest absolute Gasteiger partial charge is 0.598 e. The van der Waals surface area contributed by atoms with Gasteiger partial charge in [0.15, 0.2) is 13.1 Å². The van der Waals surface area contributed by atoms with Gasteiger partial charge in [-0.3, -0.25) is 0 Å². The average molecular weight is 125 g/mol. The Morgan fingerprint density at radius 1 is 2.00 bits per heavy atom. The first-order valence-electron chi connectivity index (χ1n) is 1.57. The van der Waals surface area contributed by atoms with E-state index < -0.39 is 0 Å². The fourth-order valence-electron chi connectivity index (χ4n) is 0.103. The van der Waals surface area contributed by atoms with Crippen LogP contribution in [0.3, 0.4) is 0 Å². The molecule has 0 aliphatic carbocycles. The maximum absolute atomic E-state index is 9.77. The van der Waals surface area contributed by atoms with Crippen molar-refractivity contribution in [3.63, 3.8) is 0 Å². The van der Waals surface area contributed by atoms with Gasteiger partial charge >= 0.3 is 0 Å². The second-order valence-electron chi connectivity index (χ2n) is 0.784. The monoisotopic (exact) mass is 124 g/mol. The van der Waals surface area contributed by atoms with E-state index in [1.54, 1.807) is 0 Å². The number of hydroxylamine groups is 1. The van der Waals surface area contributed by atoms with Gasteiger partial charge in [-0.2, -0.15) is 0 Å². The molecule has 0 heterocycles. The minimum absolute atomic E-state index is 0.0907. The Morgan fingerprint density at radius 3 is 2.71 bits per heavy atom. The van der Waals surface area contributed by atoms with Crippen LogP contribution in [0.15, 0.2) is 5.28 Å². The van der Waals surface area contributed by atoms with Crippen molar-refractivity contribution in [2.45, 2.75) is 0 Å². The summed E-state index contributed by atoms with van der Waals surface area (Å²) in [6, 6.07) is -0.0907. The molecule has 0 atom stereocenters. The van der Waals surface area contributed by atoms with Gasteiger partial charge in [0.2, 0.25) is 5.28 Å². The molecule has 0 amide bonds. The summed E-state index contributed by atoms with van der Waals surface area (Å²) in [5.74, 6) is 0. The molecule has 0 aromatic heterocycles. The quantitative estimate of drug-likeness (QED) is 0.236. The van der Waals surface area contributed by atoms with E-state index in [-0.39, 0.29) is 10.9 Å². The van der Waals surface area contributed by atoms with Crippen LogP contribution in [-0.4, -0.2) is 18.0 Å². The van der Waals surface area contributed by atoms with E-state index in [2.05, 4.69) is 10.1 Å². The van der Waals surface area contributed by atoms with E-state index in [1.165, 1.54) is 7.05 Å². The summed E-state index contributed by atoms with van der Waals surface area (Å²) in [6.07, 6.45) is 0. The SMILES string of the molecule is C[N+]([O-])=NOCCl. The number of hydrogen-bond acceptors (Lipinski definition) is 3. The second kappa shape index (κ2) is 3.67. The predicted octanol–water partition coefficient (Wildman–Crippen LogP) is 0.707. The van der Waals surface area contributed by atoms with Crippen LogP contribution in [0.2, 0.25) is 0 Å². The Morgan fingerprint density at radius 2 is 2.57 bits per heavy atom. The number of halogens is 1. The molecule has 0 aliphatic rings. The zero-order valence-electron chi connectivity index (χ0n) is 3.80. The number of nitrogens with zero attached hydrogens (tertiary/aromatic N) is 2. The minimum Gasteiger partial charge on any atom is -0.598 e. The Kier molecular flexibility index (Phi) is 3.40. The second-order valence-corrected chi connectivity index (χ2v) is 1.00. The van der Waals surface area contributed by atoms with Crippen LogP contribution in [0.25, 0.3) is 0 Å². The average Bonchev–Trinajstić information content (AvgIpc) is 1.61. The van der Waals surface area contributed by atoms with Crippen molar-refractivity contribution in [1.29, 1.82) is 0 Å². The van der Waals surface area contributed by atoms with Crippen LogP contribution in [0.5, 0.6) is 0 Å². The van der Waals surface area contributed by atoms with Gasteiger partial charge < -0.3 is 10.0 Å². The Labute approximate surface area is 45.9 Å². The molecule has 0 bridgehead atoms. The van der Waals surface area contributed by atoms with Gasteiger partial charge in [-0.1, -0.05) is 16.5 Å². The van der Waals surface area contributed by atoms with Gasteiger partial charge in [-0.15, -0.1) is 0 Å².